The predicted octanol–water partition coefficient (Wildman–Crippen LogP) is 5.21. The van der Waals surface area contributed by atoms with Gasteiger partial charge in [-0.1, -0.05) is 49.2 Å². The molecule has 1 aliphatic carbocycles. The van der Waals surface area contributed by atoms with Gasteiger partial charge in [-0.25, -0.2) is 0 Å². The van der Waals surface area contributed by atoms with Gasteiger partial charge in [0.05, 0.1) is 11.3 Å². The van der Waals surface area contributed by atoms with Crippen LogP contribution in [0, 0.1) is 11.3 Å². The van der Waals surface area contributed by atoms with Crippen LogP contribution in [0.2, 0.25) is 0 Å². The first kappa shape index (κ1) is 21.2. The summed E-state index contributed by atoms with van der Waals surface area (Å²) in [5.74, 6) is -0.824. The second-order valence-electron chi connectivity index (χ2n) is 8.51. The van der Waals surface area contributed by atoms with Crippen LogP contribution in [0.4, 0.5) is 0 Å². The molecular formula is C23H32O4. The van der Waals surface area contributed by atoms with E-state index in [-0.39, 0.29) is 24.5 Å². The number of benzene rings is 1. The Hall–Kier alpha value is -2.10. The number of hydrogen-bond donors (Lipinski definition) is 0. The van der Waals surface area contributed by atoms with Gasteiger partial charge >= 0.3 is 11.9 Å². The van der Waals surface area contributed by atoms with Gasteiger partial charge < -0.3 is 9.47 Å². The molecule has 0 amide bonds. The molecule has 0 bridgehead atoms. The van der Waals surface area contributed by atoms with Crippen LogP contribution in [0.1, 0.15) is 64.9 Å². The smallest absolute Gasteiger partial charge is 0.312 e. The summed E-state index contributed by atoms with van der Waals surface area (Å²) in [5.41, 5.74) is -0.180. The zero-order valence-corrected chi connectivity index (χ0v) is 16.8. The maximum absolute atomic E-state index is 13.0. The molecule has 1 fully saturated rings. The summed E-state index contributed by atoms with van der Waals surface area (Å²) in [4.78, 5) is 25.6. The van der Waals surface area contributed by atoms with Crippen LogP contribution < -0.4 is 0 Å². The Morgan fingerprint density at radius 3 is 2.37 bits per heavy atom. The van der Waals surface area contributed by atoms with Crippen molar-refractivity contribution in [3.63, 3.8) is 0 Å². The predicted molar refractivity (Wildman–Crippen MR) is 106 cm³/mol. The highest BCUT2D eigenvalue weighted by molar-refractivity contribution is 5.79. The molecule has 4 heteroatoms. The molecule has 0 heterocycles. The second-order valence-corrected chi connectivity index (χ2v) is 8.51. The van der Waals surface area contributed by atoms with Crippen molar-refractivity contribution in [1.29, 1.82) is 0 Å². The van der Waals surface area contributed by atoms with Gasteiger partial charge in [0.1, 0.15) is 12.2 Å². The molecule has 148 valence electrons. The summed E-state index contributed by atoms with van der Waals surface area (Å²) >= 11 is 0. The number of carbonyl (C=O) groups is 2. The van der Waals surface area contributed by atoms with Gasteiger partial charge in [-0.2, -0.15) is 0 Å². The van der Waals surface area contributed by atoms with Crippen molar-refractivity contribution in [3.8, 4) is 0 Å². The zero-order chi connectivity index (χ0) is 19.9. The van der Waals surface area contributed by atoms with Gasteiger partial charge in [0, 0.05) is 0 Å². The fourth-order valence-electron chi connectivity index (χ4n) is 3.74. The first-order valence-corrected chi connectivity index (χ1v) is 9.81. The third-order valence-electron chi connectivity index (χ3n) is 5.03. The molecule has 1 aromatic rings. The maximum Gasteiger partial charge on any atom is 0.312 e. The average molecular weight is 373 g/mol. The lowest BCUT2D eigenvalue weighted by molar-refractivity contribution is -0.165. The molecule has 1 saturated carbocycles. The molecule has 2 rings (SSSR count). The molecule has 0 aliphatic heterocycles. The van der Waals surface area contributed by atoms with Crippen LogP contribution >= 0.6 is 0 Å². The van der Waals surface area contributed by atoms with Gasteiger partial charge in [-0.05, 0) is 52.0 Å². The van der Waals surface area contributed by atoms with E-state index in [2.05, 4.69) is 6.58 Å². The summed E-state index contributed by atoms with van der Waals surface area (Å²) in [6.07, 6.45) is 6.18. The van der Waals surface area contributed by atoms with E-state index in [0.717, 1.165) is 31.2 Å². The minimum absolute atomic E-state index is 0.193. The number of ether oxygens (including phenoxy) is 2. The van der Waals surface area contributed by atoms with Gasteiger partial charge in [0.15, 0.2) is 0 Å². The fraction of sp³-hybridized carbons (Fsp3) is 0.565. The highest BCUT2D eigenvalue weighted by atomic mass is 16.6. The number of hydrogen-bond acceptors (Lipinski definition) is 4. The van der Waals surface area contributed by atoms with Crippen LogP contribution in [0.25, 0.3) is 0 Å². The van der Waals surface area contributed by atoms with Crippen molar-refractivity contribution < 1.29 is 19.1 Å². The van der Waals surface area contributed by atoms with Crippen LogP contribution in [0.5, 0.6) is 0 Å². The van der Waals surface area contributed by atoms with Crippen molar-refractivity contribution in [1.82, 2.24) is 0 Å². The number of allylic oxidation sites excluding steroid dienone is 1. The van der Waals surface area contributed by atoms with E-state index in [1.165, 1.54) is 0 Å². The minimum Gasteiger partial charge on any atom is -0.460 e. The topological polar surface area (TPSA) is 52.6 Å². The molecule has 0 spiro atoms. The molecule has 0 aromatic heterocycles. The summed E-state index contributed by atoms with van der Waals surface area (Å²) in [6, 6.07) is 9.67. The van der Waals surface area contributed by atoms with Gasteiger partial charge in [0.2, 0.25) is 0 Å². The van der Waals surface area contributed by atoms with E-state index in [1.807, 2.05) is 51.1 Å². The fourth-order valence-corrected chi connectivity index (χ4v) is 3.74. The molecule has 1 aliphatic rings. The van der Waals surface area contributed by atoms with Crippen LogP contribution in [0.15, 0.2) is 43.0 Å². The average Bonchev–Trinajstić information content (AvgIpc) is 3.08. The molecule has 0 N–H and O–H groups in total. The molecule has 1 atom stereocenters. The first-order chi connectivity index (χ1) is 12.8. The summed E-state index contributed by atoms with van der Waals surface area (Å²) < 4.78 is 11.2. The standard InChI is InChI=1S/C23H32O4/c1-5-11-19(20(24)27-22(2,3)4)16-23(14-9-10-15-23)21(25)26-17-18-12-7-6-8-13-18/h5-8,12-13,19H,1,9-11,14-17H2,2-4H3. The zero-order valence-electron chi connectivity index (χ0n) is 16.8. The Kier molecular flexibility index (Phi) is 7.23. The summed E-state index contributed by atoms with van der Waals surface area (Å²) in [6.45, 7) is 9.61. The van der Waals surface area contributed by atoms with Crippen LogP contribution in [-0.2, 0) is 25.7 Å². The first-order valence-electron chi connectivity index (χ1n) is 9.81. The van der Waals surface area contributed by atoms with Gasteiger partial charge in [0.25, 0.3) is 0 Å². The van der Waals surface area contributed by atoms with Crippen LogP contribution in [0.3, 0.4) is 0 Å². The Labute approximate surface area is 162 Å². The van der Waals surface area contributed by atoms with Gasteiger partial charge in [-0.3, -0.25) is 9.59 Å². The SMILES string of the molecule is C=CCC(CC1(C(=O)OCc2ccccc2)CCCC1)C(=O)OC(C)(C)C. The lowest BCUT2D eigenvalue weighted by atomic mass is 9.76. The van der Waals surface area contributed by atoms with Crippen molar-refractivity contribution in [2.45, 2.75) is 71.5 Å². The molecule has 27 heavy (non-hydrogen) atoms. The number of rotatable bonds is 8. The molecule has 0 saturated heterocycles. The minimum atomic E-state index is -0.598. The van der Waals surface area contributed by atoms with E-state index in [1.54, 1.807) is 6.08 Å². The van der Waals surface area contributed by atoms with E-state index in [9.17, 15) is 9.59 Å². The molecule has 1 unspecified atom stereocenters. The van der Waals surface area contributed by atoms with Crippen LogP contribution in [-0.4, -0.2) is 17.5 Å². The third kappa shape index (κ3) is 6.23. The summed E-state index contributed by atoms with van der Waals surface area (Å²) in [7, 11) is 0. The summed E-state index contributed by atoms with van der Waals surface area (Å²) in [5, 5.41) is 0. The Bertz CT molecular complexity index is 636. The Morgan fingerprint density at radius 1 is 1.19 bits per heavy atom. The maximum atomic E-state index is 13.0. The number of esters is 2. The van der Waals surface area contributed by atoms with Crippen molar-refractivity contribution in [3.05, 3.63) is 48.6 Å². The Balaban J connectivity index is 2.09. The van der Waals surface area contributed by atoms with Crippen molar-refractivity contribution in [2.75, 3.05) is 0 Å². The van der Waals surface area contributed by atoms with E-state index in [0.29, 0.717) is 12.8 Å². The van der Waals surface area contributed by atoms with E-state index >= 15 is 0 Å². The van der Waals surface area contributed by atoms with Gasteiger partial charge in [-0.15, -0.1) is 6.58 Å². The normalized spacial score (nSPS) is 17.1. The van der Waals surface area contributed by atoms with E-state index in [4.69, 9.17) is 9.47 Å². The molecule has 4 nitrogen and oxygen atoms in total. The largest absolute Gasteiger partial charge is 0.460 e. The quantitative estimate of drug-likeness (QED) is 0.464. The highest BCUT2D eigenvalue weighted by Crippen LogP contribution is 2.45. The lowest BCUT2D eigenvalue weighted by Crippen LogP contribution is -2.36. The Morgan fingerprint density at radius 2 is 1.81 bits per heavy atom. The second kappa shape index (κ2) is 9.20. The third-order valence-corrected chi connectivity index (χ3v) is 5.03. The highest BCUT2D eigenvalue weighted by Gasteiger charge is 2.45. The number of carbonyl (C=O) groups excluding carboxylic acids is 2. The molecule has 1 aromatic carbocycles. The monoisotopic (exact) mass is 372 g/mol. The lowest BCUT2D eigenvalue weighted by Gasteiger charge is -2.31. The molecular weight excluding hydrogens is 340 g/mol. The van der Waals surface area contributed by atoms with Crippen molar-refractivity contribution in [2.24, 2.45) is 11.3 Å². The molecule has 0 radical (unpaired) electrons. The van der Waals surface area contributed by atoms with E-state index < -0.39 is 11.0 Å². The van der Waals surface area contributed by atoms with Crippen molar-refractivity contribution >= 4 is 11.9 Å².